The predicted octanol–water partition coefficient (Wildman–Crippen LogP) is 1.67. The van der Waals surface area contributed by atoms with Gasteiger partial charge in [0.25, 0.3) is 5.56 Å². The first kappa shape index (κ1) is 33.3. The number of rotatable bonds is 9. The van der Waals surface area contributed by atoms with Crippen LogP contribution in [0.1, 0.15) is 69.0 Å². The number of carbonyl (C=O) groups is 1. The number of carbonyl (C=O) groups excluding carboxylic acids is 1. The Bertz CT molecular complexity index is 1440. The number of hydrogen-bond donors (Lipinski definition) is 2. The number of hydrogen-bond acceptors (Lipinski definition) is 9. The van der Waals surface area contributed by atoms with Crippen molar-refractivity contribution in [3.8, 4) is 0 Å². The van der Waals surface area contributed by atoms with E-state index >= 15 is 0 Å². The Morgan fingerprint density at radius 3 is 2.62 bits per heavy atom. The fourth-order valence-corrected chi connectivity index (χ4v) is 9.87. The largest absolute Gasteiger partial charge is 0.376 e. The first-order valence-electron chi connectivity index (χ1n) is 16.9. The topological polar surface area (TPSA) is 126 Å². The van der Waals surface area contributed by atoms with Crippen molar-refractivity contribution in [1.29, 1.82) is 0 Å². The van der Waals surface area contributed by atoms with Gasteiger partial charge in [0.15, 0.2) is 0 Å². The highest BCUT2D eigenvalue weighted by molar-refractivity contribution is 7.89. The van der Waals surface area contributed by atoms with E-state index in [-0.39, 0.29) is 47.0 Å². The molecule has 1 aromatic heterocycles. The first-order chi connectivity index (χ1) is 21.3. The van der Waals surface area contributed by atoms with E-state index in [1.165, 1.54) is 12.8 Å². The fraction of sp³-hybridized carbons (Fsp3) is 0.844. The van der Waals surface area contributed by atoms with Gasteiger partial charge in [-0.05, 0) is 97.6 Å². The molecular weight excluding hydrogens is 616 g/mol. The summed E-state index contributed by atoms with van der Waals surface area (Å²) in [6.07, 6.45) is 9.68. The highest BCUT2D eigenvalue weighted by Gasteiger charge is 2.53. The third-order valence-electron chi connectivity index (χ3n) is 11.3. The lowest BCUT2D eigenvalue weighted by atomic mass is 9.68. The van der Waals surface area contributed by atoms with Crippen LogP contribution in [0.5, 0.6) is 0 Å². The van der Waals surface area contributed by atoms with Gasteiger partial charge < -0.3 is 19.9 Å². The van der Waals surface area contributed by atoms with Crippen molar-refractivity contribution in [2.75, 3.05) is 33.5 Å². The van der Waals surface area contributed by atoms with Crippen LogP contribution in [0.2, 0.25) is 0 Å². The molecule has 1 amide bonds. The molecular formula is C32H51ClN6O5S. The van der Waals surface area contributed by atoms with Gasteiger partial charge in [0.2, 0.25) is 15.9 Å². The lowest BCUT2D eigenvalue weighted by molar-refractivity contribution is -0.123. The van der Waals surface area contributed by atoms with Crippen LogP contribution in [-0.2, 0) is 38.9 Å². The van der Waals surface area contributed by atoms with Crippen LogP contribution >= 0.6 is 11.6 Å². The minimum Gasteiger partial charge on any atom is -0.376 e. The van der Waals surface area contributed by atoms with E-state index in [1.54, 1.807) is 4.57 Å². The number of aromatic nitrogens is 2. The standard InChI is InChI=1S/C32H51ClN6O5S/c1-18-14-24(30-29(34-18)26(17-37(30)3)31(40)36-45(5,42)43)23-15-20(33)6-11-28(23)44-13-12-39-19(2)35-27-10-9-22(16-25(27)32(39)41)38(4)21-7-8-21/h18,20-24,26,28-30,34H,6-17H2,1-5H3,(H,36,40). The quantitative estimate of drug-likeness (QED) is 0.379. The summed E-state index contributed by atoms with van der Waals surface area (Å²) in [6, 6.07) is 1.14. The van der Waals surface area contributed by atoms with Gasteiger partial charge >= 0.3 is 0 Å². The Morgan fingerprint density at radius 2 is 1.91 bits per heavy atom. The zero-order chi connectivity index (χ0) is 32.2. The minimum absolute atomic E-state index is 0.00795. The summed E-state index contributed by atoms with van der Waals surface area (Å²) in [5, 5.41) is 3.68. The molecule has 9 atom stereocenters. The van der Waals surface area contributed by atoms with Gasteiger partial charge in [0.05, 0.1) is 37.1 Å². The highest BCUT2D eigenvalue weighted by Crippen LogP contribution is 2.44. The number of halogens is 1. The van der Waals surface area contributed by atoms with E-state index in [4.69, 9.17) is 21.3 Å². The second kappa shape index (κ2) is 13.1. The molecule has 252 valence electrons. The minimum atomic E-state index is -3.65. The Labute approximate surface area is 272 Å². The van der Waals surface area contributed by atoms with Gasteiger partial charge in [-0.3, -0.25) is 18.9 Å². The van der Waals surface area contributed by atoms with Crippen LogP contribution < -0.4 is 15.6 Å². The summed E-state index contributed by atoms with van der Waals surface area (Å²) in [5.74, 6) is 0.252. The molecule has 3 heterocycles. The molecule has 0 bridgehead atoms. The number of sulfonamides is 1. The zero-order valence-electron chi connectivity index (χ0n) is 27.4. The number of nitrogens with one attached hydrogen (secondary N) is 2. The van der Waals surface area contributed by atoms with Crippen LogP contribution in [0.15, 0.2) is 4.79 Å². The fourth-order valence-electron chi connectivity index (χ4n) is 9.02. The van der Waals surface area contributed by atoms with E-state index < -0.39 is 21.8 Å². The van der Waals surface area contributed by atoms with Gasteiger partial charge in [0.1, 0.15) is 5.82 Å². The van der Waals surface area contributed by atoms with Crippen LogP contribution in [0.25, 0.3) is 0 Å². The molecule has 2 saturated heterocycles. The van der Waals surface area contributed by atoms with Gasteiger partial charge in [0, 0.05) is 47.7 Å². The van der Waals surface area contributed by atoms with Crippen molar-refractivity contribution in [2.45, 2.75) is 120 Å². The third kappa shape index (κ3) is 7.16. The lowest BCUT2D eigenvalue weighted by Gasteiger charge is -2.48. The van der Waals surface area contributed by atoms with Crippen molar-refractivity contribution < 1.29 is 17.9 Å². The summed E-state index contributed by atoms with van der Waals surface area (Å²) < 4.78 is 34.4. The molecule has 4 fully saturated rings. The van der Waals surface area contributed by atoms with E-state index in [0.29, 0.717) is 31.8 Å². The lowest BCUT2D eigenvalue weighted by Crippen LogP contribution is -2.60. The number of piperidine rings is 1. The number of fused-ring (bicyclic) bond motifs is 2. The van der Waals surface area contributed by atoms with Crippen LogP contribution in [0.4, 0.5) is 0 Å². The number of aryl methyl sites for hydroxylation is 2. The summed E-state index contributed by atoms with van der Waals surface area (Å²) in [5.41, 5.74) is 1.92. The maximum Gasteiger partial charge on any atom is 0.257 e. The van der Waals surface area contributed by atoms with E-state index in [1.807, 2.05) is 14.0 Å². The number of likely N-dealkylation sites (tertiary alicyclic amines) is 1. The van der Waals surface area contributed by atoms with Gasteiger partial charge in [-0.15, -0.1) is 11.6 Å². The molecule has 0 spiro atoms. The van der Waals surface area contributed by atoms with E-state index in [0.717, 1.165) is 68.3 Å². The third-order valence-corrected chi connectivity index (χ3v) is 12.3. The summed E-state index contributed by atoms with van der Waals surface area (Å²) in [6.45, 7) is 5.43. The van der Waals surface area contributed by atoms with Gasteiger partial charge in [-0.1, -0.05) is 0 Å². The molecule has 2 aliphatic heterocycles. The Hall–Kier alpha value is -1.57. The Morgan fingerprint density at radius 1 is 1.16 bits per heavy atom. The summed E-state index contributed by atoms with van der Waals surface area (Å²) >= 11 is 6.79. The maximum absolute atomic E-state index is 13.7. The van der Waals surface area contributed by atoms with Crippen molar-refractivity contribution in [3.05, 3.63) is 27.4 Å². The smallest absolute Gasteiger partial charge is 0.257 e. The molecule has 5 aliphatic rings. The average Bonchev–Trinajstić information content (AvgIpc) is 3.77. The van der Waals surface area contributed by atoms with Crippen molar-refractivity contribution >= 4 is 27.5 Å². The molecule has 13 heteroatoms. The van der Waals surface area contributed by atoms with Gasteiger partial charge in [-0.25, -0.2) is 13.4 Å². The zero-order valence-corrected chi connectivity index (χ0v) is 28.9. The molecule has 45 heavy (non-hydrogen) atoms. The number of alkyl halides is 1. The monoisotopic (exact) mass is 666 g/mol. The molecule has 1 aromatic rings. The second-order valence-electron chi connectivity index (χ2n) is 14.6. The molecule has 2 N–H and O–H groups in total. The average molecular weight is 667 g/mol. The van der Waals surface area contributed by atoms with E-state index in [2.05, 4.69) is 33.8 Å². The van der Waals surface area contributed by atoms with Gasteiger partial charge in [-0.2, -0.15) is 0 Å². The van der Waals surface area contributed by atoms with Crippen molar-refractivity contribution in [1.82, 2.24) is 29.4 Å². The molecule has 0 aromatic carbocycles. The van der Waals surface area contributed by atoms with Crippen LogP contribution in [-0.4, -0.2) is 109 Å². The van der Waals surface area contributed by atoms with Crippen molar-refractivity contribution in [3.63, 3.8) is 0 Å². The van der Waals surface area contributed by atoms with Crippen molar-refractivity contribution in [2.24, 2.45) is 17.8 Å². The molecule has 2 saturated carbocycles. The predicted molar refractivity (Wildman–Crippen MR) is 174 cm³/mol. The molecule has 11 nitrogen and oxygen atoms in total. The number of likely N-dealkylation sites (N-methyl/N-ethyl adjacent to an activating group) is 2. The van der Waals surface area contributed by atoms with E-state index in [9.17, 15) is 18.0 Å². The number of ether oxygens (including phenoxy) is 1. The maximum atomic E-state index is 13.7. The molecule has 9 unspecified atom stereocenters. The highest BCUT2D eigenvalue weighted by atomic mass is 35.5. The van der Waals surface area contributed by atoms with Crippen LogP contribution in [0, 0.1) is 24.7 Å². The normalized spacial score (nSPS) is 35.7. The van der Waals surface area contributed by atoms with Crippen LogP contribution in [0.3, 0.4) is 0 Å². The number of amides is 1. The molecule has 6 rings (SSSR count). The Balaban J connectivity index is 1.15. The number of nitrogens with zero attached hydrogens (tertiary/aromatic N) is 4. The molecule has 0 radical (unpaired) electrons. The first-order valence-corrected chi connectivity index (χ1v) is 19.2. The molecule has 3 aliphatic carbocycles. The summed E-state index contributed by atoms with van der Waals surface area (Å²) in [4.78, 5) is 36.3. The SMILES string of the molecule is Cc1nc2c(c(=O)n1CCOC1CCC(Cl)CC1C1CC(C)NC3C(C(=O)NS(C)(=O)=O)CN(C)C13)CC(N(C)C1CC1)CC2. The second-order valence-corrected chi connectivity index (χ2v) is 17.0. The Kier molecular flexibility index (Phi) is 9.74. The summed E-state index contributed by atoms with van der Waals surface area (Å²) in [7, 11) is 0.581.